The first-order chi connectivity index (χ1) is 11.3. The van der Waals surface area contributed by atoms with E-state index in [-0.39, 0.29) is 12.1 Å². The van der Waals surface area contributed by atoms with Crippen LogP contribution in [-0.2, 0) is 4.74 Å². The van der Waals surface area contributed by atoms with E-state index in [1.165, 1.54) is 12.8 Å². The van der Waals surface area contributed by atoms with E-state index in [1.54, 1.807) is 11.1 Å². The van der Waals surface area contributed by atoms with Crippen LogP contribution < -0.4 is 0 Å². The van der Waals surface area contributed by atoms with Gasteiger partial charge in [0.05, 0.1) is 6.04 Å². The first kappa shape index (κ1) is 20.0. The van der Waals surface area contributed by atoms with E-state index >= 15 is 0 Å². The molecule has 1 aromatic carbocycles. The summed E-state index contributed by atoms with van der Waals surface area (Å²) < 4.78 is 5.55. The van der Waals surface area contributed by atoms with Crippen molar-refractivity contribution in [2.75, 3.05) is 0 Å². The molecule has 0 N–H and O–H groups in total. The third-order valence-electron chi connectivity index (χ3n) is 3.52. The molecule has 1 aromatic rings. The number of carbonyl (C=O) groups is 1. The summed E-state index contributed by atoms with van der Waals surface area (Å²) in [6, 6.07) is 9.88. The van der Waals surface area contributed by atoms with Gasteiger partial charge in [0.15, 0.2) is 0 Å². The number of hydrogen-bond donors (Lipinski definition) is 0. The number of benzene rings is 1. The van der Waals surface area contributed by atoms with Gasteiger partial charge in [0, 0.05) is 6.20 Å². The SMILES string of the molecule is CCCC/C=C/C=C/N(C(=O)OC(C)(C)C)C(C)c1ccccc1. The Balaban J connectivity index is 2.88. The van der Waals surface area contributed by atoms with Gasteiger partial charge in [-0.3, -0.25) is 4.90 Å². The van der Waals surface area contributed by atoms with Crippen LogP contribution >= 0.6 is 0 Å². The molecule has 1 atom stereocenters. The van der Waals surface area contributed by atoms with Crippen LogP contribution in [-0.4, -0.2) is 16.6 Å². The smallest absolute Gasteiger partial charge is 0.414 e. The summed E-state index contributed by atoms with van der Waals surface area (Å²) in [6.07, 6.45) is 10.9. The molecule has 0 fully saturated rings. The lowest BCUT2D eigenvalue weighted by Gasteiger charge is -2.29. The highest BCUT2D eigenvalue weighted by molar-refractivity contribution is 5.70. The minimum Gasteiger partial charge on any atom is -0.443 e. The molecule has 0 aromatic heterocycles. The number of amides is 1. The molecule has 0 aliphatic rings. The monoisotopic (exact) mass is 329 g/mol. The molecule has 0 aliphatic heterocycles. The minimum atomic E-state index is -0.517. The first-order valence-corrected chi connectivity index (χ1v) is 8.74. The first-order valence-electron chi connectivity index (χ1n) is 8.74. The van der Waals surface area contributed by atoms with Gasteiger partial charge in [-0.1, -0.05) is 62.2 Å². The number of allylic oxidation sites excluding steroid dienone is 3. The molecular weight excluding hydrogens is 298 g/mol. The molecule has 0 aliphatic carbocycles. The average Bonchev–Trinajstić information content (AvgIpc) is 2.52. The number of nitrogens with zero attached hydrogens (tertiary/aromatic N) is 1. The fourth-order valence-electron chi connectivity index (χ4n) is 2.19. The van der Waals surface area contributed by atoms with Crippen LogP contribution in [0, 0.1) is 0 Å². The molecule has 24 heavy (non-hydrogen) atoms. The lowest BCUT2D eigenvalue weighted by Crippen LogP contribution is -2.35. The summed E-state index contributed by atoms with van der Waals surface area (Å²) in [4.78, 5) is 14.2. The highest BCUT2D eigenvalue weighted by Crippen LogP contribution is 2.23. The van der Waals surface area contributed by atoms with Gasteiger partial charge in [-0.15, -0.1) is 0 Å². The maximum Gasteiger partial charge on any atom is 0.414 e. The number of unbranched alkanes of at least 4 members (excludes halogenated alkanes) is 2. The van der Waals surface area contributed by atoms with Crippen molar-refractivity contribution in [3.8, 4) is 0 Å². The van der Waals surface area contributed by atoms with Crippen LogP contribution in [0.15, 0.2) is 54.8 Å². The Morgan fingerprint density at radius 2 is 1.88 bits per heavy atom. The maximum atomic E-state index is 12.6. The zero-order valence-electron chi connectivity index (χ0n) is 15.7. The predicted octanol–water partition coefficient (Wildman–Crippen LogP) is 6.24. The Kier molecular flexibility index (Phi) is 8.31. The Morgan fingerprint density at radius 1 is 1.21 bits per heavy atom. The fourth-order valence-corrected chi connectivity index (χ4v) is 2.19. The van der Waals surface area contributed by atoms with E-state index in [1.807, 2.05) is 70.2 Å². The van der Waals surface area contributed by atoms with Crippen LogP contribution in [0.3, 0.4) is 0 Å². The highest BCUT2D eigenvalue weighted by Gasteiger charge is 2.25. The van der Waals surface area contributed by atoms with E-state index in [0.717, 1.165) is 12.0 Å². The Labute approximate surface area is 147 Å². The molecule has 1 unspecified atom stereocenters. The van der Waals surface area contributed by atoms with Crippen LogP contribution in [0.2, 0.25) is 0 Å². The fraction of sp³-hybridized carbons (Fsp3) is 0.476. The van der Waals surface area contributed by atoms with Crippen molar-refractivity contribution in [2.24, 2.45) is 0 Å². The van der Waals surface area contributed by atoms with Gasteiger partial charge in [-0.25, -0.2) is 4.79 Å². The number of rotatable bonds is 7. The second kappa shape index (κ2) is 9.96. The summed E-state index contributed by atoms with van der Waals surface area (Å²) in [6.45, 7) is 9.82. The largest absolute Gasteiger partial charge is 0.443 e. The lowest BCUT2D eigenvalue weighted by molar-refractivity contribution is 0.0278. The van der Waals surface area contributed by atoms with Crippen molar-refractivity contribution in [2.45, 2.75) is 65.5 Å². The lowest BCUT2D eigenvalue weighted by atomic mass is 10.1. The van der Waals surface area contributed by atoms with Gasteiger partial charge >= 0.3 is 6.09 Å². The van der Waals surface area contributed by atoms with E-state index in [2.05, 4.69) is 13.0 Å². The van der Waals surface area contributed by atoms with Crippen molar-refractivity contribution in [1.29, 1.82) is 0 Å². The van der Waals surface area contributed by atoms with Gasteiger partial charge in [-0.05, 0) is 45.8 Å². The summed E-state index contributed by atoms with van der Waals surface area (Å²) >= 11 is 0. The molecule has 0 radical (unpaired) electrons. The molecule has 1 rings (SSSR count). The van der Waals surface area contributed by atoms with E-state index in [9.17, 15) is 4.79 Å². The molecule has 0 saturated carbocycles. The summed E-state index contributed by atoms with van der Waals surface area (Å²) in [5.74, 6) is 0. The molecule has 0 bridgehead atoms. The van der Waals surface area contributed by atoms with Crippen molar-refractivity contribution >= 4 is 6.09 Å². The Hall–Kier alpha value is -2.03. The van der Waals surface area contributed by atoms with Crippen molar-refractivity contribution in [1.82, 2.24) is 4.90 Å². The van der Waals surface area contributed by atoms with Crippen LogP contribution in [0.1, 0.15) is 65.5 Å². The second-order valence-electron chi connectivity index (χ2n) is 6.89. The van der Waals surface area contributed by atoms with Crippen molar-refractivity contribution in [3.05, 3.63) is 60.3 Å². The predicted molar refractivity (Wildman–Crippen MR) is 101 cm³/mol. The van der Waals surface area contributed by atoms with E-state index in [0.29, 0.717) is 0 Å². The molecule has 0 heterocycles. The zero-order valence-corrected chi connectivity index (χ0v) is 15.7. The topological polar surface area (TPSA) is 29.5 Å². The third kappa shape index (κ3) is 7.49. The van der Waals surface area contributed by atoms with Gasteiger partial charge in [0.2, 0.25) is 0 Å². The Morgan fingerprint density at radius 3 is 2.46 bits per heavy atom. The van der Waals surface area contributed by atoms with Crippen LogP contribution in [0.25, 0.3) is 0 Å². The van der Waals surface area contributed by atoms with Gasteiger partial charge in [0.1, 0.15) is 5.60 Å². The van der Waals surface area contributed by atoms with Crippen LogP contribution in [0.4, 0.5) is 4.79 Å². The van der Waals surface area contributed by atoms with Crippen molar-refractivity contribution in [3.63, 3.8) is 0 Å². The summed E-state index contributed by atoms with van der Waals surface area (Å²) in [5, 5.41) is 0. The maximum absolute atomic E-state index is 12.6. The normalized spacial score (nSPS) is 13.4. The quantitative estimate of drug-likeness (QED) is 0.437. The highest BCUT2D eigenvalue weighted by atomic mass is 16.6. The molecule has 0 spiro atoms. The zero-order chi connectivity index (χ0) is 18.0. The van der Waals surface area contributed by atoms with Gasteiger partial charge in [0.25, 0.3) is 0 Å². The summed E-state index contributed by atoms with van der Waals surface area (Å²) in [7, 11) is 0. The van der Waals surface area contributed by atoms with Crippen LogP contribution in [0.5, 0.6) is 0 Å². The van der Waals surface area contributed by atoms with E-state index < -0.39 is 5.60 Å². The molecule has 0 saturated heterocycles. The molecule has 132 valence electrons. The minimum absolute atomic E-state index is 0.0960. The Bertz CT molecular complexity index is 541. The van der Waals surface area contributed by atoms with E-state index in [4.69, 9.17) is 4.74 Å². The summed E-state index contributed by atoms with van der Waals surface area (Å²) in [5.41, 5.74) is 0.555. The second-order valence-corrected chi connectivity index (χ2v) is 6.89. The van der Waals surface area contributed by atoms with Crippen molar-refractivity contribution < 1.29 is 9.53 Å². The molecule has 3 heteroatoms. The van der Waals surface area contributed by atoms with Gasteiger partial charge in [-0.2, -0.15) is 0 Å². The molecule has 1 amide bonds. The number of hydrogen-bond acceptors (Lipinski definition) is 2. The number of carbonyl (C=O) groups excluding carboxylic acids is 1. The third-order valence-corrected chi connectivity index (χ3v) is 3.52. The number of ether oxygens (including phenoxy) is 1. The standard InChI is InChI=1S/C21H31NO2/c1-6-7-8-9-10-14-17-22(20(23)24-21(3,4)5)18(2)19-15-12-11-13-16-19/h9-18H,6-8H2,1-5H3/b10-9+,17-14+. The molecular formula is C21H31NO2. The van der Waals surface area contributed by atoms with Gasteiger partial charge < -0.3 is 4.74 Å². The average molecular weight is 329 g/mol. The molecule has 3 nitrogen and oxygen atoms in total.